The SMILES string of the molecule is C[C@H](SCc1ccccc1)C(=O)NCCSCc1ccccc1F. The number of nitrogens with one attached hydrogen (secondary N) is 1. The Hall–Kier alpha value is -1.46. The first-order chi connectivity index (χ1) is 11.7. The maximum Gasteiger partial charge on any atom is 0.232 e. The van der Waals surface area contributed by atoms with Gasteiger partial charge in [0.15, 0.2) is 0 Å². The molecule has 5 heteroatoms. The number of amides is 1. The molecule has 0 aliphatic carbocycles. The maximum absolute atomic E-state index is 13.5. The zero-order chi connectivity index (χ0) is 17.2. The van der Waals surface area contributed by atoms with Crippen LogP contribution in [0, 0.1) is 5.82 Å². The molecule has 1 amide bonds. The molecule has 0 saturated heterocycles. The Morgan fingerprint density at radius 3 is 2.54 bits per heavy atom. The van der Waals surface area contributed by atoms with Crippen LogP contribution in [0.25, 0.3) is 0 Å². The summed E-state index contributed by atoms with van der Waals surface area (Å²) in [6.45, 7) is 2.53. The summed E-state index contributed by atoms with van der Waals surface area (Å²) in [6, 6.07) is 16.9. The van der Waals surface area contributed by atoms with Crippen molar-refractivity contribution in [2.24, 2.45) is 0 Å². The van der Waals surface area contributed by atoms with E-state index in [1.807, 2.05) is 31.2 Å². The van der Waals surface area contributed by atoms with E-state index in [4.69, 9.17) is 0 Å². The van der Waals surface area contributed by atoms with Crippen molar-refractivity contribution in [3.8, 4) is 0 Å². The van der Waals surface area contributed by atoms with Crippen molar-refractivity contribution in [3.63, 3.8) is 0 Å². The van der Waals surface area contributed by atoms with Crippen LogP contribution < -0.4 is 5.32 Å². The van der Waals surface area contributed by atoms with Crippen LogP contribution in [0.15, 0.2) is 54.6 Å². The lowest BCUT2D eigenvalue weighted by molar-refractivity contribution is -0.120. The fraction of sp³-hybridized carbons (Fsp3) is 0.316. The van der Waals surface area contributed by atoms with E-state index < -0.39 is 0 Å². The highest BCUT2D eigenvalue weighted by molar-refractivity contribution is 7.99. The van der Waals surface area contributed by atoms with Gasteiger partial charge in [0.05, 0.1) is 5.25 Å². The highest BCUT2D eigenvalue weighted by atomic mass is 32.2. The van der Waals surface area contributed by atoms with E-state index in [0.29, 0.717) is 17.9 Å². The van der Waals surface area contributed by atoms with Crippen molar-refractivity contribution in [2.75, 3.05) is 12.3 Å². The van der Waals surface area contributed by atoms with Crippen LogP contribution in [0.1, 0.15) is 18.1 Å². The highest BCUT2D eigenvalue weighted by Gasteiger charge is 2.12. The first-order valence-corrected chi connectivity index (χ1v) is 10.1. The van der Waals surface area contributed by atoms with E-state index in [-0.39, 0.29) is 17.0 Å². The number of hydrogen-bond acceptors (Lipinski definition) is 3. The normalized spacial score (nSPS) is 11.9. The van der Waals surface area contributed by atoms with Crippen molar-refractivity contribution in [3.05, 3.63) is 71.5 Å². The van der Waals surface area contributed by atoms with Crippen LogP contribution in [-0.2, 0) is 16.3 Å². The van der Waals surface area contributed by atoms with Crippen LogP contribution in [0.5, 0.6) is 0 Å². The Morgan fingerprint density at radius 2 is 1.79 bits per heavy atom. The summed E-state index contributed by atoms with van der Waals surface area (Å²) in [5, 5.41) is 2.86. The van der Waals surface area contributed by atoms with Crippen molar-refractivity contribution >= 4 is 29.4 Å². The molecule has 1 N–H and O–H groups in total. The number of hydrogen-bond donors (Lipinski definition) is 1. The van der Waals surface area contributed by atoms with Gasteiger partial charge in [0.1, 0.15) is 5.82 Å². The van der Waals surface area contributed by atoms with E-state index in [9.17, 15) is 9.18 Å². The average molecular weight is 364 g/mol. The zero-order valence-electron chi connectivity index (χ0n) is 13.7. The lowest BCUT2D eigenvalue weighted by atomic mass is 10.2. The minimum atomic E-state index is -0.167. The van der Waals surface area contributed by atoms with Gasteiger partial charge >= 0.3 is 0 Å². The third-order valence-electron chi connectivity index (χ3n) is 3.47. The summed E-state index contributed by atoms with van der Waals surface area (Å²) in [5.41, 5.74) is 1.93. The lowest BCUT2D eigenvalue weighted by Crippen LogP contribution is -2.32. The van der Waals surface area contributed by atoms with Gasteiger partial charge in [-0.05, 0) is 24.1 Å². The summed E-state index contributed by atoms with van der Waals surface area (Å²) in [4.78, 5) is 12.1. The van der Waals surface area contributed by atoms with E-state index in [0.717, 1.165) is 11.5 Å². The minimum Gasteiger partial charge on any atom is -0.354 e. The molecule has 2 aromatic rings. The highest BCUT2D eigenvalue weighted by Crippen LogP contribution is 2.18. The molecule has 24 heavy (non-hydrogen) atoms. The zero-order valence-corrected chi connectivity index (χ0v) is 15.3. The molecule has 0 fully saturated rings. The van der Waals surface area contributed by atoms with E-state index in [1.165, 1.54) is 11.6 Å². The molecule has 2 aromatic carbocycles. The third kappa shape index (κ3) is 6.57. The molecule has 0 aromatic heterocycles. The van der Waals surface area contributed by atoms with Crippen LogP contribution in [0.4, 0.5) is 4.39 Å². The van der Waals surface area contributed by atoms with Gasteiger partial charge in [0.25, 0.3) is 0 Å². The molecule has 0 bridgehead atoms. The number of thioether (sulfide) groups is 2. The van der Waals surface area contributed by atoms with Crippen LogP contribution >= 0.6 is 23.5 Å². The fourth-order valence-corrected chi connectivity index (χ4v) is 3.77. The smallest absolute Gasteiger partial charge is 0.232 e. The largest absolute Gasteiger partial charge is 0.354 e. The number of rotatable bonds is 9. The van der Waals surface area contributed by atoms with Gasteiger partial charge in [-0.25, -0.2) is 4.39 Å². The number of carbonyl (C=O) groups excluding carboxylic acids is 1. The first-order valence-electron chi connectivity index (χ1n) is 7.91. The van der Waals surface area contributed by atoms with Crippen LogP contribution in [0.3, 0.4) is 0 Å². The topological polar surface area (TPSA) is 29.1 Å². The average Bonchev–Trinajstić information content (AvgIpc) is 2.61. The standard InChI is InChI=1S/C19H22FNOS2/c1-15(24-13-16-7-3-2-4-8-16)19(22)21-11-12-23-14-17-9-5-6-10-18(17)20/h2-10,15H,11-14H2,1H3,(H,21,22)/t15-/m0/s1. The summed E-state index contributed by atoms with van der Waals surface area (Å²) >= 11 is 3.25. The van der Waals surface area contributed by atoms with Gasteiger partial charge in [-0.15, -0.1) is 11.8 Å². The molecule has 2 rings (SSSR count). The molecule has 0 radical (unpaired) electrons. The Balaban J connectivity index is 1.59. The molecule has 0 saturated carbocycles. The van der Waals surface area contributed by atoms with Gasteiger partial charge in [-0.2, -0.15) is 11.8 Å². The number of benzene rings is 2. The molecule has 1 atom stereocenters. The van der Waals surface area contributed by atoms with Gasteiger partial charge in [0, 0.05) is 23.8 Å². The molecule has 0 aliphatic heterocycles. The Kier molecular flexibility index (Phi) is 8.19. The summed E-state index contributed by atoms with van der Waals surface area (Å²) < 4.78 is 13.5. The molecule has 0 spiro atoms. The molecule has 0 unspecified atom stereocenters. The van der Waals surface area contributed by atoms with Gasteiger partial charge in [0.2, 0.25) is 5.91 Å². The van der Waals surface area contributed by atoms with Crippen molar-refractivity contribution < 1.29 is 9.18 Å². The van der Waals surface area contributed by atoms with Crippen molar-refractivity contribution in [1.29, 1.82) is 0 Å². The molecular formula is C19H22FNOS2. The second kappa shape index (κ2) is 10.4. The van der Waals surface area contributed by atoms with Gasteiger partial charge in [-0.1, -0.05) is 48.5 Å². The second-order valence-electron chi connectivity index (χ2n) is 5.37. The van der Waals surface area contributed by atoms with E-state index >= 15 is 0 Å². The third-order valence-corrected chi connectivity index (χ3v) is 5.70. The molecule has 0 aliphatic rings. The molecule has 128 valence electrons. The summed E-state index contributed by atoms with van der Waals surface area (Å²) in [6.07, 6.45) is 0. The Bertz CT molecular complexity index is 636. The first kappa shape index (κ1) is 18.9. The molecular weight excluding hydrogens is 341 g/mol. The Morgan fingerprint density at radius 1 is 1.08 bits per heavy atom. The second-order valence-corrected chi connectivity index (χ2v) is 7.81. The van der Waals surface area contributed by atoms with Crippen molar-refractivity contribution in [2.45, 2.75) is 23.7 Å². The molecule has 0 heterocycles. The number of halogens is 1. The maximum atomic E-state index is 13.5. The predicted molar refractivity (Wildman–Crippen MR) is 103 cm³/mol. The van der Waals surface area contributed by atoms with Gasteiger partial charge in [-0.3, -0.25) is 4.79 Å². The van der Waals surface area contributed by atoms with Crippen LogP contribution in [-0.4, -0.2) is 23.5 Å². The van der Waals surface area contributed by atoms with Crippen molar-refractivity contribution in [1.82, 2.24) is 5.32 Å². The summed E-state index contributed by atoms with van der Waals surface area (Å²) in [5.74, 6) is 2.12. The Labute approximate surface area is 151 Å². The predicted octanol–water partition coefficient (Wildman–Crippen LogP) is 4.50. The number of carbonyl (C=O) groups is 1. The van der Waals surface area contributed by atoms with E-state index in [2.05, 4.69) is 17.4 Å². The summed E-state index contributed by atoms with van der Waals surface area (Å²) in [7, 11) is 0. The molecule has 2 nitrogen and oxygen atoms in total. The van der Waals surface area contributed by atoms with Gasteiger partial charge < -0.3 is 5.32 Å². The monoisotopic (exact) mass is 363 g/mol. The van der Waals surface area contributed by atoms with Crippen LogP contribution in [0.2, 0.25) is 0 Å². The minimum absolute atomic E-state index is 0.0578. The quantitative estimate of drug-likeness (QED) is 0.665. The lowest BCUT2D eigenvalue weighted by Gasteiger charge is -2.12. The fourth-order valence-electron chi connectivity index (χ4n) is 2.06. The van der Waals surface area contributed by atoms with E-state index in [1.54, 1.807) is 35.7 Å².